The van der Waals surface area contributed by atoms with Gasteiger partial charge in [-0.05, 0) is 43.2 Å². The lowest BCUT2D eigenvalue weighted by molar-refractivity contribution is 0.276. The first-order valence-corrected chi connectivity index (χ1v) is 6.39. The summed E-state index contributed by atoms with van der Waals surface area (Å²) in [6, 6.07) is 5.66. The lowest BCUT2D eigenvalue weighted by Gasteiger charge is -2.11. The van der Waals surface area contributed by atoms with Crippen molar-refractivity contribution >= 4 is 15.9 Å². The predicted octanol–water partition coefficient (Wildman–Crippen LogP) is 3.75. The molecule has 18 heavy (non-hydrogen) atoms. The van der Waals surface area contributed by atoms with Crippen molar-refractivity contribution in [2.45, 2.75) is 20.5 Å². The fourth-order valence-electron chi connectivity index (χ4n) is 1.72. The highest BCUT2D eigenvalue weighted by atomic mass is 79.9. The average Bonchev–Trinajstić information content (AvgIpc) is 2.36. The van der Waals surface area contributed by atoms with Crippen LogP contribution in [0.4, 0.5) is 0 Å². The second-order valence-electron chi connectivity index (χ2n) is 4.11. The van der Waals surface area contributed by atoms with Crippen LogP contribution in [0.2, 0.25) is 0 Å². The lowest BCUT2D eigenvalue weighted by atomic mass is 10.1. The highest BCUT2D eigenvalue weighted by Gasteiger charge is 2.07. The molecule has 0 spiro atoms. The summed E-state index contributed by atoms with van der Waals surface area (Å²) in [4.78, 5) is 3.96. The van der Waals surface area contributed by atoms with Gasteiger partial charge in [0.25, 0.3) is 0 Å². The molecular formula is C14H14BrNO2. The summed E-state index contributed by atoms with van der Waals surface area (Å²) < 4.78 is 6.89. The third-order valence-corrected chi connectivity index (χ3v) is 3.92. The van der Waals surface area contributed by atoms with Crippen molar-refractivity contribution < 1.29 is 9.84 Å². The number of hydrogen-bond acceptors (Lipinski definition) is 3. The van der Waals surface area contributed by atoms with E-state index in [9.17, 15) is 5.11 Å². The number of hydrogen-bond donors (Lipinski definition) is 1. The maximum Gasteiger partial charge on any atom is 0.136 e. The molecule has 4 heteroatoms. The van der Waals surface area contributed by atoms with Crippen molar-refractivity contribution in [1.29, 1.82) is 0 Å². The Morgan fingerprint density at radius 2 is 1.94 bits per heavy atom. The molecule has 94 valence electrons. The van der Waals surface area contributed by atoms with E-state index in [4.69, 9.17) is 4.74 Å². The molecule has 1 aromatic carbocycles. The number of aliphatic hydroxyl groups excluding tert-OH is 1. The van der Waals surface area contributed by atoms with Crippen LogP contribution in [0.1, 0.15) is 16.7 Å². The van der Waals surface area contributed by atoms with Crippen LogP contribution in [0.3, 0.4) is 0 Å². The van der Waals surface area contributed by atoms with Crippen molar-refractivity contribution in [2.24, 2.45) is 0 Å². The molecule has 1 heterocycles. The van der Waals surface area contributed by atoms with Crippen molar-refractivity contribution in [2.75, 3.05) is 0 Å². The molecule has 0 radical (unpaired) electrons. The smallest absolute Gasteiger partial charge is 0.136 e. The number of halogens is 1. The summed E-state index contributed by atoms with van der Waals surface area (Å²) in [6.07, 6.45) is 3.25. The van der Waals surface area contributed by atoms with Crippen LogP contribution < -0.4 is 4.74 Å². The Morgan fingerprint density at radius 1 is 1.28 bits per heavy atom. The number of rotatable bonds is 3. The van der Waals surface area contributed by atoms with Crippen LogP contribution in [0.15, 0.2) is 35.1 Å². The van der Waals surface area contributed by atoms with Gasteiger partial charge in [-0.2, -0.15) is 0 Å². The van der Waals surface area contributed by atoms with E-state index >= 15 is 0 Å². The summed E-state index contributed by atoms with van der Waals surface area (Å²) in [5, 5.41) is 9.22. The van der Waals surface area contributed by atoms with Crippen LogP contribution in [0.25, 0.3) is 0 Å². The number of pyridine rings is 1. The van der Waals surface area contributed by atoms with E-state index in [-0.39, 0.29) is 6.61 Å². The molecule has 0 aliphatic carbocycles. The zero-order valence-electron chi connectivity index (χ0n) is 10.3. The van der Waals surface area contributed by atoms with Crippen molar-refractivity contribution in [3.8, 4) is 11.5 Å². The monoisotopic (exact) mass is 307 g/mol. The Morgan fingerprint density at radius 3 is 2.56 bits per heavy atom. The van der Waals surface area contributed by atoms with Crippen LogP contribution in [0, 0.1) is 13.8 Å². The van der Waals surface area contributed by atoms with Gasteiger partial charge in [0, 0.05) is 22.4 Å². The topological polar surface area (TPSA) is 42.4 Å². The number of aromatic nitrogens is 1. The van der Waals surface area contributed by atoms with Gasteiger partial charge in [0.05, 0.1) is 6.61 Å². The lowest BCUT2D eigenvalue weighted by Crippen LogP contribution is -1.94. The number of ether oxygens (including phenoxy) is 1. The van der Waals surface area contributed by atoms with E-state index in [1.807, 2.05) is 26.0 Å². The minimum atomic E-state index is -0.0856. The van der Waals surface area contributed by atoms with E-state index in [1.165, 1.54) is 0 Å². The van der Waals surface area contributed by atoms with Crippen LogP contribution in [-0.2, 0) is 6.61 Å². The van der Waals surface area contributed by atoms with Crippen molar-refractivity contribution in [3.63, 3.8) is 0 Å². The first-order chi connectivity index (χ1) is 8.61. The Bertz CT molecular complexity index is 546. The van der Waals surface area contributed by atoms with Gasteiger partial charge >= 0.3 is 0 Å². The second-order valence-corrected chi connectivity index (χ2v) is 4.91. The molecule has 1 aromatic heterocycles. The van der Waals surface area contributed by atoms with Gasteiger partial charge in [-0.25, -0.2) is 0 Å². The predicted molar refractivity (Wildman–Crippen MR) is 73.8 cm³/mol. The van der Waals surface area contributed by atoms with E-state index in [0.29, 0.717) is 11.3 Å². The highest BCUT2D eigenvalue weighted by molar-refractivity contribution is 9.10. The van der Waals surface area contributed by atoms with E-state index in [2.05, 4.69) is 20.9 Å². The van der Waals surface area contributed by atoms with Gasteiger partial charge in [-0.3, -0.25) is 4.98 Å². The third kappa shape index (κ3) is 2.71. The minimum Gasteiger partial charge on any atom is -0.457 e. The zero-order valence-corrected chi connectivity index (χ0v) is 11.9. The summed E-state index contributed by atoms with van der Waals surface area (Å²) >= 11 is 3.52. The Kier molecular flexibility index (Phi) is 3.99. The van der Waals surface area contributed by atoms with Crippen molar-refractivity contribution in [1.82, 2.24) is 4.98 Å². The normalized spacial score (nSPS) is 10.4. The maximum absolute atomic E-state index is 9.22. The fourth-order valence-corrected chi connectivity index (χ4v) is 1.95. The van der Waals surface area contributed by atoms with Crippen LogP contribution >= 0.6 is 15.9 Å². The summed E-state index contributed by atoms with van der Waals surface area (Å²) in [5.41, 5.74) is 2.91. The van der Waals surface area contributed by atoms with E-state index in [0.717, 1.165) is 21.3 Å². The Labute approximate surface area is 115 Å². The first-order valence-electron chi connectivity index (χ1n) is 5.60. The summed E-state index contributed by atoms with van der Waals surface area (Å²) in [7, 11) is 0. The first kappa shape index (κ1) is 13.1. The molecule has 0 aliphatic rings. The van der Waals surface area contributed by atoms with Gasteiger partial charge in [-0.1, -0.05) is 15.9 Å². The number of aryl methyl sites for hydroxylation is 2. The van der Waals surface area contributed by atoms with Crippen LogP contribution in [-0.4, -0.2) is 10.1 Å². The molecule has 0 saturated heterocycles. The average molecular weight is 308 g/mol. The van der Waals surface area contributed by atoms with Crippen molar-refractivity contribution in [3.05, 3.63) is 51.8 Å². The molecule has 0 aliphatic heterocycles. The molecule has 0 atom stereocenters. The Balaban J connectivity index is 2.34. The molecule has 2 rings (SSSR count). The zero-order chi connectivity index (χ0) is 13.1. The van der Waals surface area contributed by atoms with E-state index in [1.54, 1.807) is 18.5 Å². The van der Waals surface area contributed by atoms with Gasteiger partial charge < -0.3 is 9.84 Å². The molecule has 0 unspecified atom stereocenters. The SMILES string of the molecule is Cc1cc(Oc2ccncc2CO)cc(C)c1Br. The van der Waals surface area contributed by atoms with Gasteiger partial charge in [-0.15, -0.1) is 0 Å². The molecule has 0 fully saturated rings. The molecule has 2 aromatic rings. The molecule has 0 amide bonds. The fraction of sp³-hybridized carbons (Fsp3) is 0.214. The Hall–Kier alpha value is -1.39. The number of benzene rings is 1. The minimum absolute atomic E-state index is 0.0856. The van der Waals surface area contributed by atoms with Gasteiger partial charge in [0.1, 0.15) is 11.5 Å². The second kappa shape index (κ2) is 5.50. The van der Waals surface area contributed by atoms with Gasteiger partial charge in [0.15, 0.2) is 0 Å². The summed E-state index contributed by atoms with van der Waals surface area (Å²) in [6.45, 7) is 3.95. The number of nitrogens with zero attached hydrogens (tertiary/aromatic N) is 1. The molecule has 1 N–H and O–H groups in total. The molecule has 0 saturated carbocycles. The maximum atomic E-state index is 9.22. The summed E-state index contributed by atoms with van der Waals surface area (Å²) in [5.74, 6) is 1.39. The molecule has 0 bridgehead atoms. The van der Waals surface area contributed by atoms with Gasteiger partial charge in [0.2, 0.25) is 0 Å². The largest absolute Gasteiger partial charge is 0.457 e. The quantitative estimate of drug-likeness (QED) is 0.939. The third-order valence-electron chi connectivity index (χ3n) is 2.67. The number of aliphatic hydroxyl groups is 1. The van der Waals surface area contributed by atoms with Crippen LogP contribution in [0.5, 0.6) is 11.5 Å². The molecular weight excluding hydrogens is 294 g/mol. The van der Waals surface area contributed by atoms with E-state index < -0.39 is 0 Å². The standard InChI is InChI=1S/C14H14BrNO2/c1-9-5-12(6-10(2)14(9)15)18-13-3-4-16-7-11(13)8-17/h3-7,17H,8H2,1-2H3. The molecule has 3 nitrogen and oxygen atoms in total. The highest BCUT2D eigenvalue weighted by Crippen LogP contribution is 2.30.